The van der Waals surface area contributed by atoms with Crippen molar-refractivity contribution in [1.29, 1.82) is 0 Å². The van der Waals surface area contributed by atoms with Crippen LogP contribution >= 0.6 is 11.6 Å². The molecule has 0 fully saturated rings. The fraction of sp³-hybridized carbons (Fsp3) is 0.0870. The molecule has 4 aromatic rings. The molecule has 4 rings (SSSR count). The number of aromatic nitrogens is 1. The van der Waals surface area contributed by atoms with Crippen LogP contribution in [0.15, 0.2) is 78.9 Å². The van der Waals surface area contributed by atoms with Crippen molar-refractivity contribution in [2.45, 2.75) is 6.54 Å². The van der Waals surface area contributed by atoms with Crippen LogP contribution in [-0.4, -0.2) is 12.1 Å². The molecule has 3 nitrogen and oxygen atoms in total. The summed E-state index contributed by atoms with van der Waals surface area (Å²) in [6.07, 6.45) is 0. The van der Waals surface area contributed by atoms with Gasteiger partial charge in [0, 0.05) is 22.5 Å². The zero-order valence-corrected chi connectivity index (χ0v) is 15.7. The van der Waals surface area contributed by atoms with Gasteiger partial charge in [0.1, 0.15) is 11.6 Å². The van der Waals surface area contributed by atoms with E-state index in [0.29, 0.717) is 11.6 Å². The number of ether oxygens (including phenoxy) is 1. The van der Waals surface area contributed by atoms with E-state index in [0.717, 1.165) is 33.6 Å². The molecule has 0 amide bonds. The lowest BCUT2D eigenvalue weighted by atomic mass is 10.0. The number of nitrogens with zero attached hydrogens (tertiary/aromatic N) is 1. The first-order valence-electron chi connectivity index (χ1n) is 8.75. The van der Waals surface area contributed by atoms with Gasteiger partial charge in [0.15, 0.2) is 0 Å². The van der Waals surface area contributed by atoms with Crippen molar-refractivity contribution in [3.63, 3.8) is 0 Å². The van der Waals surface area contributed by atoms with E-state index in [-0.39, 0.29) is 0 Å². The lowest BCUT2D eigenvalue weighted by molar-refractivity contribution is 0.415. The smallest absolute Gasteiger partial charge is 0.134 e. The van der Waals surface area contributed by atoms with Crippen LogP contribution in [0.25, 0.3) is 22.0 Å². The van der Waals surface area contributed by atoms with Gasteiger partial charge < -0.3 is 10.1 Å². The van der Waals surface area contributed by atoms with E-state index < -0.39 is 0 Å². The molecule has 1 N–H and O–H groups in total. The Morgan fingerprint density at radius 3 is 2.44 bits per heavy atom. The quantitative estimate of drug-likeness (QED) is 0.453. The predicted molar refractivity (Wildman–Crippen MR) is 113 cm³/mol. The Hall–Kier alpha value is -3.04. The largest absolute Gasteiger partial charge is 0.497 e. The van der Waals surface area contributed by atoms with E-state index in [1.807, 2.05) is 60.7 Å². The summed E-state index contributed by atoms with van der Waals surface area (Å²) in [5.41, 5.74) is 4.22. The molecule has 3 aromatic carbocycles. The summed E-state index contributed by atoms with van der Waals surface area (Å²) in [6.45, 7) is 0.704. The highest BCUT2D eigenvalue weighted by molar-refractivity contribution is 6.31. The zero-order chi connectivity index (χ0) is 18.6. The van der Waals surface area contributed by atoms with Gasteiger partial charge in [0.2, 0.25) is 0 Å². The second kappa shape index (κ2) is 7.68. The maximum absolute atomic E-state index is 6.18. The van der Waals surface area contributed by atoms with Crippen molar-refractivity contribution >= 4 is 28.3 Å². The molecule has 1 aromatic heterocycles. The highest BCUT2D eigenvalue weighted by Crippen LogP contribution is 2.32. The molecule has 0 unspecified atom stereocenters. The SMILES string of the molecule is COc1ccc(-c2cc3cc(Cl)ccc3nc2NCc2ccccc2)cc1. The summed E-state index contributed by atoms with van der Waals surface area (Å²) < 4.78 is 5.28. The van der Waals surface area contributed by atoms with E-state index in [2.05, 4.69) is 23.5 Å². The second-order valence-corrected chi connectivity index (χ2v) is 6.73. The van der Waals surface area contributed by atoms with Gasteiger partial charge in [-0.2, -0.15) is 0 Å². The van der Waals surface area contributed by atoms with E-state index in [4.69, 9.17) is 21.3 Å². The standard InChI is InChI=1S/C23H19ClN2O/c1-27-20-10-7-17(8-11-20)21-14-18-13-19(24)9-12-22(18)26-23(21)25-15-16-5-3-2-4-6-16/h2-14H,15H2,1H3,(H,25,26). The number of halogens is 1. The summed E-state index contributed by atoms with van der Waals surface area (Å²) >= 11 is 6.18. The third-order valence-electron chi connectivity index (χ3n) is 4.48. The Morgan fingerprint density at radius 2 is 1.70 bits per heavy atom. The Morgan fingerprint density at radius 1 is 0.926 bits per heavy atom. The van der Waals surface area contributed by atoms with Crippen LogP contribution < -0.4 is 10.1 Å². The van der Waals surface area contributed by atoms with Crippen molar-refractivity contribution < 1.29 is 4.74 Å². The molecule has 134 valence electrons. The summed E-state index contributed by atoms with van der Waals surface area (Å²) in [5.74, 6) is 1.67. The second-order valence-electron chi connectivity index (χ2n) is 6.29. The Kier molecular flexibility index (Phi) is 4.95. The third-order valence-corrected chi connectivity index (χ3v) is 4.72. The average molecular weight is 375 g/mol. The minimum absolute atomic E-state index is 0.704. The predicted octanol–water partition coefficient (Wildman–Crippen LogP) is 6.18. The molecule has 0 saturated carbocycles. The zero-order valence-electron chi connectivity index (χ0n) is 14.9. The maximum atomic E-state index is 6.18. The number of nitrogens with one attached hydrogen (secondary N) is 1. The van der Waals surface area contributed by atoms with Crippen LogP contribution in [0, 0.1) is 0 Å². The lowest BCUT2D eigenvalue weighted by Gasteiger charge is -2.14. The van der Waals surface area contributed by atoms with Gasteiger partial charge in [-0.05, 0) is 47.5 Å². The van der Waals surface area contributed by atoms with Gasteiger partial charge in [-0.3, -0.25) is 0 Å². The highest BCUT2D eigenvalue weighted by atomic mass is 35.5. The summed E-state index contributed by atoms with van der Waals surface area (Å²) in [7, 11) is 1.67. The van der Waals surface area contributed by atoms with Crippen LogP contribution in [0.4, 0.5) is 5.82 Å². The lowest BCUT2D eigenvalue weighted by Crippen LogP contribution is -2.03. The minimum atomic E-state index is 0.704. The van der Waals surface area contributed by atoms with Crippen LogP contribution in [0.1, 0.15) is 5.56 Å². The number of hydrogen-bond acceptors (Lipinski definition) is 3. The van der Waals surface area contributed by atoms with Gasteiger partial charge in [0.05, 0.1) is 12.6 Å². The average Bonchev–Trinajstić information content (AvgIpc) is 2.72. The van der Waals surface area contributed by atoms with Crippen molar-refractivity contribution in [1.82, 2.24) is 4.98 Å². The molecule has 0 saturated heterocycles. The van der Waals surface area contributed by atoms with Crippen molar-refractivity contribution in [2.24, 2.45) is 0 Å². The molecule has 0 spiro atoms. The fourth-order valence-corrected chi connectivity index (χ4v) is 3.23. The first-order chi connectivity index (χ1) is 13.2. The molecule has 0 aliphatic carbocycles. The summed E-state index contributed by atoms with van der Waals surface area (Å²) in [5, 5.41) is 5.20. The van der Waals surface area contributed by atoms with Gasteiger partial charge in [-0.15, -0.1) is 0 Å². The van der Waals surface area contributed by atoms with Crippen LogP contribution in [0.3, 0.4) is 0 Å². The highest BCUT2D eigenvalue weighted by Gasteiger charge is 2.10. The van der Waals surface area contributed by atoms with Crippen molar-refractivity contribution in [3.05, 3.63) is 89.4 Å². The van der Waals surface area contributed by atoms with E-state index in [1.165, 1.54) is 5.56 Å². The number of fused-ring (bicyclic) bond motifs is 1. The van der Waals surface area contributed by atoms with Crippen molar-refractivity contribution in [3.8, 4) is 16.9 Å². The Balaban J connectivity index is 1.77. The van der Waals surface area contributed by atoms with Gasteiger partial charge in [-0.25, -0.2) is 4.98 Å². The number of benzene rings is 3. The van der Waals surface area contributed by atoms with Gasteiger partial charge in [-0.1, -0.05) is 54.1 Å². The van der Waals surface area contributed by atoms with Crippen LogP contribution in [0.2, 0.25) is 5.02 Å². The minimum Gasteiger partial charge on any atom is -0.497 e. The summed E-state index contributed by atoms with van der Waals surface area (Å²) in [6, 6.07) is 26.2. The maximum Gasteiger partial charge on any atom is 0.134 e. The molecule has 4 heteroatoms. The monoisotopic (exact) mass is 374 g/mol. The fourth-order valence-electron chi connectivity index (χ4n) is 3.05. The third kappa shape index (κ3) is 3.88. The first-order valence-corrected chi connectivity index (χ1v) is 9.13. The number of hydrogen-bond donors (Lipinski definition) is 1. The van der Waals surface area contributed by atoms with Crippen LogP contribution in [-0.2, 0) is 6.54 Å². The topological polar surface area (TPSA) is 34.1 Å². The van der Waals surface area contributed by atoms with Crippen molar-refractivity contribution in [2.75, 3.05) is 12.4 Å². The van der Waals surface area contributed by atoms with Gasteiger partial charge >= 0.3 is 0 Å². The first kappa shape index (κ1) is 17.4. The molecule has 27 heavy (non-hydrogen) atoms. The summed E-state index contributed by atoms with van der Waals surface area (Å²) in [4.78, 5) is 4.85. The van der Waals surface area contributed by atoms with E-state index >= 15 is 0 Å². The Labute approximate surface area is 163 Å². The number of methoxy groups -OCH3 is 1. The van der Waals surface area contributed by atoms with Crippen LogP contribution in [0.5, 0.6) is 5.75 Å². The molecular formula is C23H19ClN2O. The molecule has 0 radical (unpaired) electrons. The van der Waals surface area contributed by atoms with Gasteiger partial charge in [0.25, 0.3) is 0 Å². The molecular weight excluding hydrogens is 356 g/mol. The van der Waals surface area contributed by atoms with E-state index in [1.54, 1.807) is 7.11 Å². The number of rotatable bonds is 5. The number of pyridine rings is 1. The molecule has 0 bridgehead atoms. The normalized spacial score (nSPS) is 10.7. The number of anilines is 1. The molecule has 1 heterocycles. The Bertz CT molecular complexity index is 1060. The van der Waals surface area contributed by atoms with E-state index in [9.17, 15) is 0 Å². The molecule has 0 aliphatic heterocycles. The molecule has 0 aliphatic rings. The molecule has 0 atom stereocenters.